The van der Waals surface area contributed by atoms with Crippen LogP contribution in [0.1, 0.15) is 17.2 Å². The highest BCUT2D eigenvalue weighted by Crippen LogP contribution is 2.38. The molecule has 0 radical (unpaired) electrons. The summed E-state index contributed by atoms with van der Waals surface area (Å²) in [5.41, 5.74) is 1.22. The first-order valence-corrected chi connectivity index (χ1v) is 7.88. The van der Waals surface area contributed by atoms with Gasteiger partial charge in [0.05, 0.1) is 18.2 Å². The summed E-state index contributed by atoms with van der Waals surface area (Å²) in [6.07, 6.45) is 3.21. The van der Waals surface area contributed by atoms with Crippen LogP contribution in [0.4, 0.5) is 0 Å². The highest BCUT2D eigenvalue weighted by atomic mass is 16.5. The van der Waals surface area contributed by atoms with Crippen LogP contribution in [0.15, 0.2) is 60.4 Å². The molecule has 1 N–H and O–H groups in total. The fourth-order valence-corrected chi connectivity index (χ4v) is 2.94. The minimum atomic E-state index is -0.702. The maximum absolute atomic E-state index is 12.6. The predicted molar refractivity (Wildman–Crippen MR) is 91.6 cm³/mol. The maximum atomic E-state index is 12.6. The molecule has 3 rings (SSSR count). The molecule has 2 heterocycles. The number of aromatic nitrogens is 1. The number of rotatable bonds is 5. The van der Waals surface area contributed by atoms with Crippen LogP contribution in [0, 0.1) is 0 Å². The monoisotopic (exact) mass is 338 g/mol. The number of amides is 1. The fraction of sp³-hybridized carbons (Fsp3) is 0.211. The Morgan fingerprint density at radius 3 is 2.60 bits per heavy atom. The molecule has 0 bridgehead atoms. The zero-order chi connectivity index (χ0) is 17.8. The summed E-state index contributed by atoms with van der Waals surface area (Å²) in [4.78, 5) is 30.6. The molecule has 1 aliphatic rings. The molecule has 128 valence electrons. The van der Waals surface area contributed by atoms with E-state index in [1.54, 1.807) is 48.8 Å². The number of nitrogens with zero attached hydrogens (tertiary/aromatic N) is 2. The van der Waals surface area contributed by atoms with Crippen LogP contribution in [-0.4, -0.2) is 46.9 Å². The summed E-state index contributed by atoms with van der Waals surface area (Å²) in [5, 5.41) is 10.7. The molecule has 1 amide bonds. The Kier molecular flexibility index (Phi) is 4.90. The van der Waals surface area contributed by atoms with Crippen molar-refractivity contribution in [1.29, 1.82) is 0 Å². The van der Waals surface area contributed by atoms with E-state index in [2.05, 4.69) is 4.98 Å². The number of Topliss-reactive ketones (excluding diaryl/α,β-unsaturated/α-hetero) is 1. The van der Waals surface area contributed by atoms with Gasteiger partial charge in [-0.25, -0.2) is 0 Å². The molecule has 25 heavy (non-hydrogen) atoms. The minimum Gasteiger partial charge on any atom is -0.507 e. The van der Waals surface area contributed by atoms with Crippen LogP contribution in [0.5, 0.6) is 0 Å². The quantitative estimate of drug-likeness (QED) is 0.513. The van der Waals surface area contributed by atoms with Crippen molar-refractivity contribution in [1.82, 2.24) is 9.88 Å². The molecule has 1 unspecified atom stereocenters. The van der Waals surface area contributed by atoms with Gasteiger partial charge in [0.25, 0.3) is 11.7 Å². The van der Waals surface area contributed by atoms with Gasteiger partial charge >= 0.3 is 0 Å². The van der Waals surface area contributed by atoms with E-state index in [9.17, 15) is 14.7 Å². The zero-order valence-corrected chi connectivity index (χ0v) is 13.8. The molecule has 2 aromatic rings. The van der Waals surface area contributed by atoms with E-state index in [0.29, 0.717) is 11.1 Å². The predicted octanol–water partition coefficient (Wildman–Crippen LogP) is 2.15. The third-order valence-corrected chi connectivity index (χ3v) is 4.12. The zero-order valence-electron chi connectivity index (χ0n) is 13.8. The lowest BCUT2D eigenvalue weighted by Crippen LogP contribution is -2.32. The van der Waals surface area contributed by atoms with Crippen LogP contribution >= 0.6 is 0 Å². The summed E-state index contributed by atoms with van der Waals surface area (Å²) in [6.45, 7) is 0.529. The molecule has 6 nitrogen and oxygen atoms in total. The number of likely N-dealkylation sites (tertiary alicyclic amines) is 1. The van der Waals surface area contributed by atoms with Crippen molar-refractivity contribution in [2.75, 3.05) is 20.3 Å². The van der Waals surface area contributed by atoms with Gasteiger partial charge in [-0.1, -0.05) is 36.4 Å². The van der Waals surface area contributed by atoms with E-state index >= 15 is 0 Å². The summed E-state index contributed by atoms with van der Waals surface area (Å²) < 4.78 is 5.05. The Morgan fingerprint density at radius 1 is 1.20 bits per heavy atom. The minimum absolute atomic E-state index is 0.0697. The normalized spacial score (nSPS) is 19.4. The highest BCUT2D eigenvalue weighted by Gasteiger charge is 2.45. The first-order valence-electron chi connectivity index (χ1n) is 7.88. The van der Waals surface area contributed by atoms with Crippen molar-refractivity contribution in [2.45, 2.75) is 6.04 Å². The molecule has 1 atom stereocenters. The molecule has 1 aliphatic heterocycles. The highest BCUT2D eigenvalue weighted by molar-refractivity contribution is 6.46. The van der Waals surface area contributed by atoms with Gasteiger partial charge in [0.1, 0.15) is 5.76 Å². The standard InChI is InChI=1S/C19H18N2O4/c1-25-11-10-21-16(14-8-5-9-20-12-14)15(18(23)19(21)24)17(22)13-6-3-2-4-7-13/h2-9,12,16,22H,10-11H2,1H3/b17-15-. The number of aliphatic hydroxyl groups excluding tert-OH is 1. The second-order valence-corrected chi connectivity index (χ2v) is 5.64. The SMILES string of the molecule is COCCN1C(=O)C(=O)/C(=C(\O)c2ccccc2)C1c1cccnc1. The van der Waals surface area contributed by atoms with Crippen molar-refractivity contribution < 1.29 is 19.4 Å². The summed E-state index contributed by atoms with van der Waals surface area (Å²) in [7, 11) is 1.53. The third kappa shape index (κ3) is 3.16. The maximum Gasteiger partial charge on any atom is 0.295 e. The molecule has 6 heteroatoms. The number of methoxy groups -OCH3 is 1. The number of ether oxygens (including phenoxy) is 1. The fourth-order valence-electron chi connectivity index (χ4n) is 2.94. The van der Waals surface area contributed by atoms with Crippen LogP contribution in [-0.2, 0) is 14.3 Å². The smallest absolute Gasteiger partial charge is 0.295 e. The lowest BCUT2D eigenvalue weighted by atomic mass is 9.96. The second-order valence-electron chi connectivity index (χ2n) is 5.64. The van der Waals surface area contributed by atoms with Gasteiger partial charge in [0, 0.05) is 31.6 Å². The first kappa shape index (κ1) is 16.9. The number of carbonyl (C=O) groups is 2. The molecular formula is C19H18N2O4. The van der Waals surface area contributed by atoms with Crippen molar-refractivity contribution in [3.63, 3.8) is 0 Å². The lowest BCUT2D eigenvalue weighted by molar-refractivity contribution is -0.140. The number of benzene rings is 1. The average molecular weight is 338 g/mol. The van der Waals surface area contributed by atoms with Crippen molar-refractivity contribution in [3.05, 3.63) is 71.6 Å². The number of aliphatic hydroxyl groups is 1. The van der Waals surface area contributed by atoms with Crippen LogP contribution in [0.25, 0.3) is 5.76 Å². The van der Waals surface area contributed by atoms with Gasteiger partial charge in [-0.2, -0.15) is 0 Å². The summed E-state index contributed by atoms with van der Waals surface area (Å²) in [6, 6.07) is 11.5. The van der Waals surface area contributed by atoms with Crippen molar-refractivity contribution >= 4 is 17.4 Å². The largest absolute Gasteiger partial charge is 0.507 e. The Balaban J connectivity index is 2.14. The van der Waals surface area contributed by atoms with E-state index in [1.807, 2.05) is 6.07 Å². The Hall–Kier alpha value is -2.99. The van der Waals surface area contributed by atoms with Crippen molar-refractivity contribution in [2.24, 2.45) is 0 Å². The van der Waals surface area contributed by atoms with Crippen LogP contribution in [0.3, 0.4) is 0 Å². The number of hydrogen-bond acceptors (Lipinski definition) is 5. The Bertz CT molecular complexity index is 803. The molecule has 1 saturated heterocycles. The first-order chi connectivity index (χ1) is 12.1. The molecule has 1 fully saturated rings. The number of carbonyl (C=O) groups excluding carboxylic acids is 2. The van der Waals surface area contributed by atoms with Crippen LogP contribution in [0.2, 0.25) is 0 Å². The Morgan fingerprint density at radius 2 is 1.96 bits per heavy atom. The molecule has 1 aromatic carbocycles. The van der Waals surface area contributed by atoms with Gasteiger partial charge < -0.3 is 14.7 Å². The van der Waals surface area contributed by atoms with Crippen LogP contribution < -0.4 is 0 Å². The Labute approximate surface area is 145 Å². The molecule has 0 spiro atoms. The van der Waals surface area contributed by atoms with E-state index in [4.69, 9.17) is 4.74 Å². The summed E-state index contributed by atoms with van der Waals surface area (Å²) in [5.74, 6) is -1.54. The number of pyridine rings is 1. The third-order valence-electron chi connectivity index (χ3n) is 4.12. The van der Waals surface area contributed by atoms with Gasteiger partial charge in [0.15, 0.2) is 0 Å². The van der Waals surface area contributed by atoms with E-state index < -0.39 is 17.7 Å². The van der Waals surface area contributed by atoms with Gasteiger partial charge in [-0.15, -0.1) is 0 Å². The van der Waals surface area contributed by atoms with E-state index in [1.165, 1.54) is 12.0 Å². The number of hydrogen-bond donors (Lipinski definition) is 1. The average Bonchev–Trinajstić information content (AvgIpc) is 2.91. The summed E-state index contributed by atoms with van der Waals surface area (Å²) >= 11 is 0. The molecule has 0 aliphatic carbocycles. The second kappa shape index (κ2) is 7.27. The lowest BCUT2D eigenvalue weighted by Gasteiger charge is -2.24. The van der Waals surface area contributed by atoms with Gasteiger partial charge in [0.2, 0.25) is 0 Å². The van der Waals surface area contributed by atoms with E-state index in [0.717, 1.165) is 0 Å². The number of ketones is 1. The molecule has 0 saturated carbocycles. The topological polar surface area (TPSA) is 79.7 Å². The van der Waals surface area contributed by atoms with Gasteiger partial charge in [-0.05, 0) is 11.6 Å². The molecular weight excluding hydrogens is 320 g/mol. The molecule has 1 aromatic heterocycles. The van der Waals surface area contributed by atoms with Gasteiger partial charge in [-0.3, -0.25) is 14.6 Å². The van der Waals surface area contributed by atoms with E-state index in [-0.39, 0.29) is 24.5 Å². The van der Waals surface area contributed by atoms with Crippen molar-refractivity contribution in [3.8, 4) is 0 Å².